The Morgan fingerprint density at radius 2 is 1.24 bits per heavy atom. The summed E-state index contributed by atoms with van der Waals surface area (Å²) < 4.78 is 63.7. The molecule has 482 valence electrons. The fourth-order valence-electron chi connectivity index (χ4n) is 9.39. The number of likely N-dealkylation sites (N-methyl/N-ethyl adjacent to an activating group) is 2. The summed E-state index contributed by atoms with van der Waals surface area (Å²) in [5.74, 6) is 1.37. The van der Waals surface area contributed by atoms with E-state index in [4.69, 9.17) is 19.6 Å². The standard InChI is InChI=1S/C46H65N9O5S2.C19H25N3O4S/c1-13-45(8,9)33-20-23-38(35(27-33)46(10,11)14-2)60-32(7)43(56)47-28-30(5)41-51-42-40(31(6)52-55(42)53-41)61-39-19-17-16-18-37(39)50-44(57)49-36-22-21-34(26-29(36)4)54(15-3)25-24-48-62(12,58)59;1-4-22(13-12-20-27(3,24)25)16-10-11-18(15(2)14-16)21-19(23)26-17-8-6-5-7-9-17/h16-23,26-27,30,32,48,52H,13-15,24-25,28H2,1-12H3,(H,47,56)(H2,49,50,57);5-11,14,20H,4,12-13H2,1-3H3,(H,21,23). The molecular formula is C65H90N12O9S3. The van der Waals surface area contributed by atoms with E-state index in [-0.39, 0.29) is 22.7 Å². The molecule has 2 aromatic heterocycles. The maximum absolute atomic E-state index is 13.4. The highest BCUT2D eigenvalue weighted by Crippen LogP contribution is 2.40. The maximum atomic E-state index is 13.4. The first-order valence-corrected chi connectivity index (χ1v) is 34.6. The minimum absolute atomic E-state index is 0.0281. The lowest BCUT2D eigenvalue weighted by Gasteiger charge is -2.31. The molecule has 0 aliphatic heterocycles. The normalized spacial score (nSPS) is 12.5. The lowest BCUT2D eigenvalue weighted by molar-refractivity contribution is -0.127. The van der Waals surface area contributed by atoms with E-state index in [1.54, 1.807) is 35.8 Å². The number of urea groups is 1. The number of amides is 4. The zero-order valence-corrected chi connectivity index (χ0v) is 56.5. The maximum Gasteiger partial charge on any atom is 0.417 e. The Balaban J connectivity index is 0.000000389. The van der Waals surface area contributed by atoms with Crippen LogP contribution in [-0.2, 0) is 35.7 Å². The summed E-state index contributed by atoms with van der Waals surface area (Å²) in [6.07, 6.45) is 2.96. The smallest absolute Gasteiger partial charge is 0.417 e. The van der Waals surface area contributed by atoms with Crippen LogP contribution in [0.3, 0.4) is 0 Å². The number of hydrogen-bond donors (Lipinski definition) is 7. The molecule has 0 aliphatic rings. The zero-order chi connectivity index (χ0) is 65.4. The van der Waals surface area contributed by atoms with Crippen molar-refractivity contribution in [3.63, 3.8) is 0 Å². The Labute approximate surface area is 530 Å². The number of benzene rings is 5. The van der Waals surface area contributed by atoms with Crippen LogP contribution in [0.4, 0.5) is 38.0 Å². The van der Waals surface area contributed by atoms with E-state index in [0.717, 1.165) is 81.2 Å². The molecule has 21 nitrogen and oxygen atoms in total. The Hall–Kier alpha value is -7.64. The second-order valence-corrected chi connectivity index (χ2v) is 28.1. The van der Waals surface area contributed by atoms with Gasteiger partial charge >= 0.3 is 12.1 Å². The third kappa shape index (κ3) is 20.4. The molecule has 7 rings (SSSR count). The molecule has 0 saturated carbocycles. The van der Waals surface area contributed by atoms with Crippen molar-refractivity contribution >= 4 is 83.9 Å². The number of aromatic amines is 1. The van der Waals surface area contributed by atoms with Crippen LogP contribution in [0, 0.1) is 20.8 Å². The van der Waals surface area contributed by atoms with Gasteiger partial charge in [0.2, 0.25) is 20.0 Å². The SMILES string of the molecule is CCN(CCNS(C)(=O)=O)c1ccc(NC(=O)Nc2ccccc2Sc2c(C)[nH]n3nc(C(C)CNC(=O)C(C)Oc4ccc(C(C)(C)CC)cc4C(C)(C)CC)nc23)c(C)c1.CCN(CCNS(C)(=O)=O)c1ccc(NC(=O)Oc2ccccc2)c(C)c1. The number of rotatable bonds is 28. The Morgan fingerprint density at radius 1 is 0.685 bits per heavy atom. The van der Waals surface area contributed by atoms with Gasteiger partial charge in [0.05, 0.1) is 23.1 Å². The van der Waals surface area contributed by atoms with Crippen LogP contribution in [0.1, 0.15) is 122 Å². The highest BCUT2D eigenvalue weighted by molar-refractivity contribution is 7.99. The number of carbonyl (C=O) groups is 3. The Morgan fingerprint density at radius 3 is 1.79 bits per heavy atom. The number of ether oxygens (including phenoxy) is 2. The Kier molecular flexibility index (Phi) is 24.7. The van der Waals surface area contributed by atoms with E-state index in [1.165, 1.54) is 17.3 Å². The highest BCUT2D eigenvalue weighted by atomic mass is 32.2. The predicted molar refractivity (Wildman–Crippen MR) is 360 cm³/mol. The number of nitrogens with one attached hydrogen (secondary N) is 7. The van der Waals surface area contributed by atoms with E-state index in [1.807, 2.05) is 114 Å². The molecule has 89 heavy (non-hydrogen) atoms. The van der Waals surface area contributed by atoms with E-state index >= 15 is 0 Å². The number of aryl methyl sites for hydroxylation is 3. The van der Waals surface area contributed by atoms with Gasteiger partial charge in [0, 0.05) is 90.6 Å². The largest absolute Gasteiger partial charge is 0.481 e. The van der Waals surface area contributed by atoms with Crippen molar-refractivity contribution in [1.29, 1.82) is 0 Å². The van der Waals surface area contributed by atoms with Gasteiger partial charge in [0.15, 0.2) is 17.6 Å². The number of hydrogen-bond acceptors (Lipinski definition) is 14. The van der Waals surface area contributed by atoms with Gasteiger partial charge in [-0.25, -0.2) is 40.9 Å². The van der Waals surface area contributed by atoms with Crippen molar-refractivity contribution < 1.29 is 40.7 Å². The predicted octanol–water partition coefficient (Wildman–Crippen LogP) is 11.9. The van der Waals surface area contributed by atoms with Crippen molar-refractivity contribution in [2.24, 2.45) is 0 Å². The number of sulfonamides is 2. The van der Waals surface area contributed by atoms with E-state index < -0.39 is 38.3 Å². The fraction of sp³-hybridized carbons (Fsp3) is 0.431. The molecule has 0 aliphatic carbocycles. The van der Waals surface area contributed by atoms with Crippen LogP contribution >= 0.6 is 11.8 Å². The number of H-pyrrole nitrogens is 1. The van der Waals surface area contributed by atoms with Crippen molar-refractivity contribution in [3.8, 4) is 11.5 Å². The van der Waals surface area contributed by atoms with Gasteiger partial charge in [-0.2, -0.15) is 4.63 Å². The molecule has 0 spiro atoms. The van der Waals surface area contributed by atoms with E-state index in [2.05, 4.69) is 99.3 Å². The van der Waals surface area contributed by atoms with Crippen LogP contribution < -0.4 is 50.0 Å². The van der Waals surface area contributed by atoms with Gasteiger partial charge in [0.25, 0.3) is 5.91 Å². The van der Waals surface area contributed by atoms with Crippen molar-refractivity contribution in [2.45, 2.75) is 135 Å². The fourth-order valence-corrected chi connectivity index (χ4v) is 11.3. The average molecular weight is 1280 g/mol. The molecule has 2 heterocycles. The first-order valence-electron chi connectivity index (χ1n) is 30.0. The van der Waals surface area contributed by atoms with Crippen molar-refractivity contribution in [2.75, 3.05) is 84.1 Å². The van der Waals surface area contributed by atoms with Gasteiger partial charge in [0.1, 0.15) is 11.5 Å². The minimum atomic E-state index is -3.28. The molecule has 0 bridgehead atoms. The summed E-state index contributed by atoms with van der Waals surface area (Å²) in [7, 11) is -6.48. The van der Waals surface area contributed by atoms with Crippen molar-refractivity contribution in [3.05, 3.63) is 143 Å². The quantitative estimate of drug-likeness (QED) is 0.0241. The third-order valence-electron chi connectivity index (χ3n) is 15.6. The van der Waals surface area contributed by atoms with E-state index in [0.29, 0.717) is 73.6 Å². The molecule has 7 N–H and O–H groups in total. The minimum Gasteiger partial charge on any atom is -0.481 e. The van der Waals surface area contributed by atoms with Crippen LogP contribution in [0.2, 0.25) is 0 Å². The second-order valence-electron chi connectivity index (χ2n) is 23.4. The average Bonchev–Trinajstić information content (AvgIpc) is 1.81. The first kappa shape index (κ1) is 70.4. The number of nitrogens with zero attached hydrogens (tertiary/aromatic N) is 5. The number of para-hydroxylation sites is 2. The Bertz CT molecular complexity index is 3780. The summed E-state index contributed by atoms with van der Waals surface area (Å²) >= 11 is 1.47. The van der Waals surface area contributed by atoms with Gasteiger partial charge in [-0.15, -0.1) is 5.10 Å². The summed E-state index contributed by atoms with van der Waals surface area (Å²) in [5, 5.41) is 19.8. The molecule has 0 fully saturated rings. The molecule has 2 atom stereocenters. The number of anilines is 5. The molecule has 5 aromatic carbocycles. The number of fused-ring (bicyclic) bond motifs is 1. The van der Waals surface area contributed by atoms with Crippen LogP contribution in [0.25, 0.3) is 5.65 Å². The van der Waals surface area contributed by atoms with Crippen LogP contribution in [0.5, 0.6) is 11.5 Å². The number of carbonyl (C=O) groups excluding carboxylic acids is 3. The molecule has 0 saturated heterocycles. The topological polar surface area (TPSA) is 263 Å². The summed E-state index contributed by atoms with van der Waals surface area (Å²) in [6.45, 7) is 30.2. The molecular weight excluding hydrogens is 1190 g/mol. The van der Waals surface area contributed by atoms with Crippen molar-refractivity contribution in [1.82, 2.24) is 34.6 Å². The molecule has 2 unspecified atom stereocenters. The third-order valence-corrected chi connectivity index (χ3v) is 18.3. The summed E-state index contributed by atoms with van der Waals surface area (Å²) in [5.41, 5.74) is 9.32. The monoisotopic (exact) mass is 1280 g/mol. The molecule has 4 amide bonds. The van der Waals surface area contributed by atoms with Crippen LogP contribution in [0.15, 0.2) is 119 Å². The molecule has 24 heteroatoms. The van der Waals surface area contributed by atoms with Gasteiger partial charge in [-0.3, -0.25) is 15.2 Å². The molecule has 0 radical (unpaired) electrons. The highest BCUT2D eigenvalue weighted by Gasteiger charge is 2.29. The summed E-state index contributed by atoms with van der Waals surface area (Å²) in [4.78, 5) is 49.5. The van der Waals surface area contributed by atoms with Crippen LogP contribution in [-0.4, -0.2) is 119 Å². The summed E-state index contributed by atoms with van der Waals surface area (Å²) in [6, 6.07) is 33.8. The van der Waals surface area contributed by atoms with E-state index in [9.17, 15) is 31.2 Å². The van der Waals surface area contributed by atoms with Gasteiger partial charge in [-0.05, 0) is 149 Å². The zero-order valence-electron chi connectivity index (χ0n) is 54.0. The first-order chi connectivity index (χ1) is 41.9. The van der Waals surface area contributed by atoms with Gasteiger partial charge < -0.3 is 35.2 Å². The molecule has 7 aromatic rings. The second kappa shape index (κ2) is 31.2. The lowest BCUT2D eigenvalue weighted by atomic mass is 9.76. The lowest BCUT2D eigenvalue weighted by Crippen LogP contribution is -2.38. The van der Waals surface area contributed by atoms with Gasteiger partial charge in [-0.1, -0.05) is 103 Å². The number of aromatic nitrogens is 4.